The molecule has 10 nitrogen and oxygen atoms in total. The van der Waals surface area contributed by atoms with E-state index in [1.54, 1.807) is 24.3 Å². The molecule has 146 valence electrons. The predicted octanol–water partition coefficient (Wildman–Crippen LogP) is 1.95. The lowest BCUT2D eigenvalue weighted by Gasteiger charge is -2.07. The van der Waals surface area contributed by atoms with Crippen molar-refractivity contribution >= 4 is 39.6 Å². The van der Waals surface area contributed by atoms with Crippen molar-refractivity contribution in [3.8, 4) is 11.5 Å². The van der Waals surface area contributed by atoms with Crippen LogP contribution in [0.4, 0.5) is 5.69 Å². The predicted molar refractivity (Wildman–Crippen MR) is 104 cm³/mol. The van der Waals surface area contributed by atoms with Crippen LogP contribution < -0.4 is 15.5 Å². The van der Waals surface area contributed by atoms with E-state index in [9.17, 15) is 24.8 Å². The van der Waals surface area contributed by atoms with Crippen molar-refractivity contribution in [3.05, 3.63) is 62.1 Å². The molecule has 0 aromatic heterocycles. The number of rotatable bonds is 7. The first-order valence-electron chi connectivity index (χ1n) is 7.74. The number of hydrogen-bond acceptors (Lipinski definition) is 7. The van der Waals surface area contributed by atoms with E-state index in [2.05, 4.69) is 31.8 Å². The SMILES string of the molecule is COc1c(O)ccc(/C=N/NC(=O)CNC(=O)c2ccccc2Br)c1[N+](=O)[O-]. The van der Waals surface area contributed by atoms with Gasteiger partial charge in [-0.2, -0.15) is 5.10 Å². The van der Waals surface area contributed by atoms with Crippen molar-refractivity contribution in [1.29, 1.82) is 0 Å². The number of nitro benzene ring substituents is 1. The van der Waals surface area contributed by atoms with Crippen LogP contribution in [0.1, 0.15) is 15.9 Å². The van der Waals surface area contributed by atoms with Crippen molar-refractivity contribution in [2.45, 2.75) is 0 Å². The van der Waals surface area contributed by atoms with Crippen molar-refractivity contribution in [3.63, 3.8) is 0 Å². The summed E-state index contributed by atoms with van der Waals surface area (Å²) in [5.41, 5.74) is 2.03. The molecule has 0 atom stereocenters. The summed E-state index contributed by atoms with van der Waals surface area (Å²) >= 11 is 3.24. The number of hydrazone groups is 1. The molecule has 0 heterocycles. The second-order valence-electron chi connectivity index (χ2n) is 5.27. The highest BCUT2D eigenvalue weighted by Gasteiger charge is 2.23. The lowest BCUT2D eigenvalue weighted by atomic mass is 10.1. The van der Waals surface area contributed by atoms with Gasteiger partial charge in [-0.1, -0.05) is 12.1 Å². The number of hydrogen-bond donors (Lipinski definition) is 3. The Morgan fingerprint density at radius 2 is 2.04 bits per heavy atom. The second-order valence-corrected chi connectivity index (χ2v) is 6.12. The monoisotopic (exact) mass is 450 g/mol. The van der Waals surface area contributed by atoms with E-state index in [1.807, 2.05) is 0 Å². The molecule has 0 bridgehead atoms. The largest absolute Gasteiger partial charge is 0.504 e. The summed E-state index contributed by atoms with van der Waals surface area (Å²) in [4.78, 5) is 34.3. The van der Waals surface area contributed by atoms with E-state index < -0.39 is 28.2 Å². The number of methoxy groups -OCH3 is 1. The van der Waals surface area contributed by atoms with Gasteiger partial charge in [-0.05, 0) is 40.2 Å². The van der Waals surface area contributed by atoms with Gasteiger partial charge >= 0.3 is 5.69 Å². The third kappa shape index (κ3) is 5.04. The van der Waals surface area contributed by atoms with Gasteiger partial charge in [0.05, 0.1) is 35.9 Å². The molecule has 0 saturated heterocycles. The van der Waals surface area contributed by atoms with Gasteiger partial charge in [-0.15, -0.1) is 0 Å². The third-order valence-corrected chi connectivity index (χ3v) is 4.14. The number of carbonyl (C=O) groups excluding carboxylic acids is 2. The topological polar surface area (TPSA) is 143 Å². The Morgan fingerprint density at radius 1 is 1.32 bits per heavy atom. The highest BCUT2D eigenvalue weighted by molar-refractivity contribution is 9.10. The number of halogens is 1. The zero-order valence-electron chi connectivity index (χ0n) is 14.5. The van der Waals surface area contributed by atoms with E-state index >= 15 is 0 Å². The number of aromatic hydroxyl groups is 1. The number of nitro groups is 1. The zero-order chi connectivity index (χ0) is 20.7. The van der Waals surface area contributed by atoms with Crippen molar-refractivity contribution < 1.29 is 24.4 Å². The van der Waals surface area contributed by atoms with Crippen LogP contribution in [-0.4, -0.2) is 41.7 Å². The normalized spacial score (nSPS) is 10.5. The Hall–Kier alpha value is -3.47. The van der Waals surface area contributed by atoms with Gasteiger partial charge in [0, 0.05) is 4.47 Å². The van der Waals surface area contributed by atoms with Gasteiger partial charge in [0.15, 0.2) is 5.75 Å². The number of ether oxygens (including phenoxy) is 1. The molecule has 2 aromatic rings. The quantitative estimate of drug-likeness (QED) is 0.334. The molecule has 0 aliphatic carbocycles. The molecule has 2 amide bonds. The van der Waals surface area contributed by atoms with Crippen molar-refractivity contribution in [2.75, 3.05) is 13.7 Å². The molecule has 3 N–H and O–H groups in total. The number of benzene rings is 2. The minimum Gasteiger partial charge on any atom is -0.504 e. The number of nitrogens with zero attached hydrogens (tertiary/aromatic N) is 2. The first-order valence-corrected chi connectivity index (χ1v) is 8.53. The average molecular weight is 451 g/mol. The molecule has 28 heavy (non-hydrogen) atoms. The van der Waals surface area contributed by atoms with Gasteiger partial charge in [0.1, 0.15) is 0 Å². The summed E-state index contributed by atoms with van der Waals surface area (Å²) in [6.45, 7) is -0.349. The molecule has 2 rings (SSSR count). The molecule has 0 spiro atoms. The fourth-order valence-electron chi connectivity index (χ4n) is 2.18. The Bertz CT molecular complexity index is 947. The van der Waals surface area contributed by atoms with Crippen LogP contribution in [-0.2, 0) is 4.79 Å². The molecular weight excluding hydrogens is 436 g/mol. The van der Waals surface area contributed by atoms with Gasteiger partial charge in [0.2, 0.25) is 5.75 Å². The Morgan fingerprint density at radius 3 is 2.68 bits per heavy atom. The summed E-state index contributed by atoms with van der Waals surface area (Å²) in [5, 5.41) is 26.9. The Labute approximate surface area is 167 Å². The van der Waals surface area contributed by atoms with E-state index in [-0.39, 0.29) is 17.9 Å². The van der Waals surface area contributed by atoms with Crippen LogP contribution in [0.2, 0.25) is 0 Å². The summed E-state index contributed by atoms with van der Waals surface area (Å²) < 4.78 is 5.41. The van der Waals surface area contributed by atoms with Crippen molar-refractivity contribution in [1.82, 2.24) is 10.7 Å². The standard InChI is InChI=1S/C17H15BrN4O6/c1-28-16-13(23)7-6-10(15(16)22(26)27)8-20-21-14(24)9-19-17(25)11-4-2-3-5-12(11)18/h2-8,23H,9H2,1H3,(H,19,25)(H,21,24)/b20-8+. The highest BCUT2D eigenvalue weighted by Crippen LogP contribution is 2.37. The summed E-state index contributed by atoms with van der Waals surface area (Å²) in [7, 11) is 1.18. The van der Waals surface area contributed by atoms with E-state index in [0.29, 0.717) is 10.0 Å². The highest BCUT2D eigenvalue weighted by atomic mass is 79.9. The number of phenols is 1. The third-order valence-electron chi connectivity index (χ3n) is 3.45. The maximum absolute atomic E-state index is 12.0. The molecular formula is C17H15BrN4O6. The summed E-state index contributed by atoms with van der Waals surface area (Å²) in [6.07, 6.45) is 1.04. The van der Waals surface area contributed by atoms with Crippen LogP contribution in [0.25, 0.3) is 0 Å². The first kappa shape index (κ1) is 20.8. The van der Waals surface area contributed by atoms with E-state index in [1.165, 1.54) is 19.2 Å². The van der Waals surface area contributed by atoms with Crippen LogP contribution in [0.15, 0.2) is 46.0 Å². The van der Waals surface area contributed by atoms with Crippen LogP contribution in [0, 0.1) is 10.1 Å². The first-order chi connectivity index (χ1) is 13.3. The maximum atomic E-state index is 12.0. The fourth-order valence-corrected chi connectivity index (χ4v) is 2.65. The van der Waals surface area contributed by atoms with Crippen LogP contribution in [0.3, 0.4) is 0 Å². The number of phenolic OH excluding ortho intramolecular Hbond substituents is 1. The number of carbonyl (C=O) groups is 2. The maximum Gasteiger partial charge on any atom is 0.323 e. The molecule has 0 aliphatic heterocycles. The molecule has 2 aromatic carbocycles. The summed E-state index contributed by atoms with van der Waals surface area (Å²) in [5.74, 6) is -1.80. The van der Waals surface area contributed by atoms with Gasteiger partial charge < -0.3 is 15.2 Å². The van der Waals surface area contributed by atoms with E-state index in [4.69, 9.17) is 4.74 Å². The van der Waals surface area contributed by atoms with Gasteiger partial charge in [-0.25, -0.2) is 5.43 Å². The summed E-state index contributed by atoms with van der Waals surface area (Å²) in [6, 6.07) is 9.17. The minimum absolute atomic E-state index is 0.0113. The minimum atomic E-state index is -0.736. The molecule has 0 unspecified atom stereocenters. The van der Waals surface area contributed by atoms with Gasteiger partial charge in [0.25, 0.3) is 11.8 Å². The second kappa shape index (κ2) is 9.46. The van der Waals surface area contributed by atoms with E-state index in [0.717, 1.165) is 6.21 Å². The lowest BCUT2D eigenvalue weighted by Crippen LogP contribution is -2.35. The Kier molecular flexibility index (Phi) is 7.04. The number of amides is 2. The molecule has 0 saturated carbocycles. The van der Waals surface area contributed by atoms with Gasteiger partial charge in [-0.3, -0.25) is 19.7 Å². The van der Waals surface area contributed by atoms with Crippen LogP contribution >= 0.6 is 15.9 Å². The number of nitrogens with one attached hydrogen (secondary N) is 2. The Balaban J connectivity index is 2.00. The zero-order valence-corrected chi connectivity index (χ0v) is 16.1. The van der Waals surface area contributed by atoms with Crippen LogP contribution in [0.5, 0.6) is 11.5 Å². The van der Waals surface area contributed by atoms with Crippen molar-refractivity contribution in [2.24, 2.45) is 5.10 Å². The molecule has 0 aliphatic rings. The fraction of sp³-hybridized carbons (Fsp3) is 0.118. The smallest absolute Gasteiger partial charge is 0.323 e. The molecule has 0 radical (unpaired) electrons. The lowest BCUT2D eigenvalue weighted by molar-refractivity contribution is -0.386. The molecule has 0 fully saturated rings. The molecule has 11 heteroatoms. The average Bonchev–Trinajstić information content (AvgIpc) is 2.67.